The summed E-state index contributed by atoms with van der Waals surface area (Å²) in [5, 5.41) is 24.8. The topological polar surface area (TPSA) is 148 Å². The van der Waals surface area contributed by atoms with Crippen LogP contribution in [0.1, 0.15) is 51.9 Å². The predicted molar refractivity (Wildman–Crippen MR) is 168 cm³/mol. The molecule has 13 heteroatoms. The number of benzene rings is 1. The number of hydrogen-bond acceptors (Lipinski definition) is 10. The summed E-state index contributed by atoms with van der Waals surface area (Å²) in [7, 11) is 3.30. The number of para-hydroxylation sites is 1. The van der Waals surface area contributed by atoms with Crippen LogP contribution in [-0.2, 0) is 13.6 Å². The Morgan fingerprint density at radius 1 is 1.07 bits per heavy atom. The Kier molecular flexibility index (Phi) is 12.0. The Morgan fingerprint density at radius 3 is 2.40 bits per heavy atom. The number of carboxylic acid groups (broad SMARTS) is 1. The summed E-state index contributed by atoms with van der Waals surface area (Å²) in [5.41, 5.74) is 1.75. The highest BCUT2D eigenvalue weighted by Gasteiger charge is 2.19. The minimum Gasteiger partial charge on any atom is -0.494 e. The molecular formula is C30H44N10O3. The van der Waals surface area contributed by atoms with Crippen LogP contribution in [-0.4, -0.2) is 77.2 Å². The van der Waals surface area contributed by atoms with Crippen molar-refractivity contribution in [3.63, 3.8) is 0 Å². The van der Waals surface area contributed by atoms with Gasteiger partial charge in [-0.05, 0) is 24.0 Å². The number of aryl methyl sites for hydroxylation is 1. The first-order valence-electron chi connectivity index (χ1n) is 14.5. The van der Waals surface area contributed by atoms with Crippen LogP contribution in [0, 0.1) is 11.8 Å². The maximum Gasteiger partial charge on any atom is 0.341 e. The highest BCUT2D eigenvalue weighted by molar-refractivity contribution is 5.94. The zero-order valence-corrected chi connectivity index (χ0v) is 26.4. The molecule has 4 aromatic rings. The van der Waals surface area contributed by atoms with Gasteiger partial charge in [0.2, 0.25) is 5.95 Å². The lowest BCUT2D eigenvalue weighted by Gasteiger charge is -2.25. The largest absolute Gasteiger partial charge is 0.494 e. The second-order valence-electron chi connectivity index (χ2n) is 10.7. The highest BCUT2D eigenvalue weighted by Crippen LogP contribution is 2.36. The molecule has 0 unspecified atom stereocenters. The number of carbonyl (C=O) groups is 1. The van der Waals surface area contributed by atoms with Gasteiger partial charge in [0.25, 0.3) is 0 Å². The van der Waals surface area contributed by atoms with Crippen molar-refractivity contribution in [2.45, 2.75) is 48.1 Å². The molecule has 0 aliphatic heterocycles. The first kappa shape index (κ1) is 33.0. The quantitative estimate of drug-likeness (QED) is 0.175. The SMILES string of the molecule is CC.COc1c(Nc2nc(Nc3cnn(CCN(CC(C)C)CC(C)C)c3)ncc2C(=O)O)cccc1-c1ncn(C)n1. The van der Waals surface area contributed by atoms with Gasteiger partial charge in [0.15, 0.2) is 17.4 Å². The van der Waals surface area contributed by atoms with E-state index in [1.54, 1.807) is 36.4 Å². The van der Waals surface area contributed by atoms with Crippen molar-refractivity contribution >= 4 is 29.1 Å². The van der Waals surface area contributed by atoms with Gasteiger partial charge in [0, 0.05) is 39.1 Å². The number of ether oxygens (including phenoxy) is 1. The van der Waals surface area contributed by atoms with Gasteiger partial charge in [-0.15, -0.1) is 0 Å². The molecule has 0 saturated carbocycles. The minimum absolute atomic E-state index is 0.0925. The molecular weight excluding hydrogens is 548 g/mol. The second-order valence-corrected chi connectivity index (χ2v) is 10.7. The molecule has 0 bridgehead atoms. The predicted octanol–water partition coefficient (Wildman–Crippen LogP) is 5.30. The summed E-state index contributed by atoms with van der Waals surface area (Å²) in [6.45, 7) is 16.6. The Balaban J connectivity index is 0.00000248. The Bertz CT molecular complexity index is 1450. The van der Waals surface area contributed by atoms with Crippen LogP contribution in [0.5, 0.6) is 5.75 Å². The van der Waals surface area contributed by atoms with Gasteiger partial charge >= 0.3 is 5.97 Å². The van der Waals surface area contributed by atoms with E-state index in [1.807, 2.05) is 30.8 Å². The van der Waals surface area contributed by atoms with Crippen molar-refractivity contribution in [3.8, 4) is 17.1 Å². The molecule has 1 aromatic carbocycles. The lowest BCUT2D eigenvalue weighted by molar-refractivity contribution is 0.0697. The third kappa shape index (κ3) is 9.23. The molecule has 4 rings (SSSR count). The zero-order valence-electron chi connectivity index (χ0n) is 26.4. The summed E-state index contributed by atoms with van der Waals surface area (Å²) in [5.74, 6) is 1.27. The van der Waals surface area contributed by atoms with Crippen LogP contribution < -0.4 is 15.4 Å². The second kappa shape index (κ2) is 15.6. The summed E-state index contributed by atoms with van der Waals surface area (Å²) in [6, 6.07) is 5.39. The molecule has 3 N–H and O–H groups in total. The normalized spacial score (nSPS) is 11.0. The number of aromatic carboxylic acids is 1. The van der Waals surface area contributed by atoms with Crippen LogP contribution in [0.4, 0.5) is 23.1 Å². The fraction of sp³-hybridized carbons (Fsp3) is 0.467. The van der Waals surface area contributed by atoms with E-state index in [0.29, 0.717) is 40.3 Å². The van der Waals surface area contributed by atoms with E-state index < -0.39 is 5.97 Å². The van der Waals surface area contributed by atoms with Gasteiger partial charge in [-0.2, -0.15) is 15.2 Å². The number of rotatable bonds is 14. The molecule has 0 aliphatic carbocycles. The van der Waals surface area contributed by atoms with Crippen molar-refractivity contribution in [2.24, 2.45) is 18.9 Å². The molecule has 0 aliphatic rings. The van der Waals surface area contributed by atoms with Crippen LogP contribution >= 0.6 is 0 Å². The lowest BCUT2D eigenvalue weighted by atomic mass is 10.1. The summed E-state index contributed by atoms with van der Waals surface area (Å²) in [4.78, 5) is 27.4. The number of methoxy groups -OCH3 is 1. The molecule has 0 amide bonds. The third-order valence-electron chi connectivity index (χ3n) is 6.11. The number of nitrogens with zero attached hydrogens (tertiary/aromatic N) is 8. The summed E-state index contributed by atoms with van der Waals surface area (Å²) >= 11 is 0. The smallest absolute Gasteiger partial charge is 0.341 e. The molecule has 3 aromatic heterocycles. The Labute approximate surface area is 253 Å². The van der Waals surface area contributed by atoms with Crippen molar-refractivity contribution in [1.29, 1.82) is 0 Å². The maximum absolute atomic E-state index is 12.0. The number of carboxylic acids is 1. The van der Waals surface area contributed by atoms with Crippen molar-refractivity contribution in [3.05, 3.63) is 48.7 Å². The molecule has 0 atom stereocenters. The van der Waals surface area contributed by atoms with E-state index >= 15 is 0 Å². The monoisotopic (exact) mass is 592 g/mol. The van der Waals surface area contributed by atoms with Crippen LogP contribution in [0.3, 0.4) is 0 Å². The first-order valence-corrected chi connectivity index (χ1v) is 14.5. The number of aromatic nitrogens is 7. The fourth-order valence-corrected chi connectivity index (χ4v) is 4.53. The van der Waals surface area contributed by atoms with Crippen molar-refractivity contribution in [1.82, 2.24) is 39.4 Å². The van der Waals surface area contributed by atoms with E-state index in [0.717, 1.165) is 26.2 Å². The molecule has 0 spiro atoms. The number of hydrogen-bond donors (Lipinski definition) is 3. The van der Waals surface area contributed by atoms with Gasteiger partial charge in [0.05, 0.1) is 36.8 Å². The minimum atomic E-state index is -1.17. The Morgan fingerprint density at radius 2 is 1.79 bits per heavy atom. The number of anilines is 4. The molecule has 43 heavy (non-hydrogen) atoms. The van der Waals surface area contributed by atoms with E-state index in [-0.39, 0.29) is 17.3 Å². The molecule has 3 heterocycles. The maximum atomic E-state index is 12.0. The first-order chi connectivity index (χ1) is 20.6. The average molecular weight is 593 g/mol. The van der Waals surface area contributed by atoms with Gasteiger partial charge in [-0.1, -0.05) is 47.6 Å². The molecule has 0 fully saturated rings. The zero-order chi connectivity index (χ0) is 31.5. The van der Waals surface area contributed by atoms with Crippen LogP contribution in [0.2, 0.25) is 0 Å². The van der Waals surface area contributed by atoms with E-state index in [2.05, 4.69) is 68.4 Å². The van der Waals surface area contributed by atoms with E-state index in [4.69, 9.17) is 4.74 Å². The Hall–Kier alpha value is -4.52. The third-order valence-corrected chi connectivity index (χ3v) is 6.11. The van der Waals surface area contributed by atoms with Crippen LogP contribution in [0.15, 0.2) is 43.1 Å². The van der Waals surface area contributed by atoms with E-state index in [1.165, 1.54) is 13.3 Å². The fourth-order valence-electron chi connectivity index (χ4n) is 4.53. The molecule has 13 nitrogen and oxygen atoms in total. The van der Waals surface area contributed by atoms with E-state index in [9.17, 15) is 9.90 Å². The van der Waals surface area contributed by atoms with Gasteiger partial charge in [-0.25, -0.2) is 14.8 Å². The number of nitrogens with one attached hydrogen (secondary N) is 2. The highest BCUT2D eigenvalue weighted by atomic mass is 16.5. The molecule has 0 radical (unpaired) electrons. The van der Waals surface area contributed by atoms with Crippen molar-refractivity contribution in [2.75, 3.05) is 37.4 Å². The van der Waals surface area contributed by atoms with Gasteiger partial charge in [-0.3, -0.25) is 9.36 Å². The van der Waals surface area contributed by atoms with Crippen molar-refractivity contribution < 1.29 is 14.6 Å². The molecule has 0 saturated heterocycles. The van der Waals surface area contributed by atoms with Gasteiger partial charge < -0.3 is 25.4 Å². The average Bonchev–Trinajstić information content (AvgIpc) is 3.60. The van der Waals surface area contributed by atoms with Gasteiger partial charge in [0.1, 0.15) is 11.9 Å². The summed E-state index contributed by atoms with van der Waals surface area (Å²) in [6.07, 6.45) is 6.44. The van der Waals surface area contributed by atoms with Crippen LogP contribution in [0.25, 0.3) is 11.4 Å². The standard InChI is InChI=1S/C28H38N10O3.C2H6/c1-18(2)14-37(15-19(3)4)10-11-38-16-20(12-31-38)32-28-29-13-22(27(39)40)26(34-28)33-23-9-7-8-21(24(23)41-6)25-30-17-36(5)35-25;1-2/h7-9,12-13,16-19H,10-11,14-15H2,1-6H3,(H,39,40)(H2,29,32,33,34);1-2H3. The summed E-state index contributed by atoms with van der Waals surface area (Å²) < 4.78 is 9.12. The lowest BCUT2D eigenvalue weighted by Crippen LogP contribution is -2.34. The molecule has 232 valence electrons.